The second-order valence-electron chi connectivity index (χ2n) is 8.09. The molecule has 0 radical (unpaired) electrons. The summed E-state index contributed by atoms with van der Waals surface area (Å²) in [5, 5.41) is 15.2. The lowest BCUT2D eigenvalue weighted by atomic mass is 10.0. The Kier molecular flexibility index (Phi) is 5.81. The number of nitrogens with one attached hydrogen (secondary N) is 1. The van der Waals surface area contributed by atoms with Crippen molar-refractivity contribution < 1.29 is 4.92 Å². The van der Waals surface area contributed by atoms with Gasteiger partial charge in [0.15, 0.2) is 5.11 Å². The van der Waals surface area contributed by atoms with Crippen molar-refractivity contribution in [1.82, 2.24) is 14.9 Å². The third-order valence-corrected chi connectivity index (χ3v) is 6.46. The number of hydrogen-bond donors (Lipinski definition) is 1. The summed E-state index contributed by atoms with van der Waals surface area (Å²) in [7, 11) is 0. The quantitative estimate of drug-likeness (QED) is 0.228. The SMILES string of the molecule is CCc1ccc(N2C(=S)N[C@H](c3ccccn3)[C@@H]2c2cccn2-c2ccc([N+](=O)[O-])cc2)cc1. The van der Waals surface area contributed by atoms with Gasteiger partial charge in [-0.1, -0.05) is 25.1 Å². The highest BCUT2D eigenvalue weighted by molar-refractivity contribution is 7.80. The van der Waals surface area contributed by atoms with E-state index in [1.165, 1.54) is 17.7 Å². The van der Waals surface area contributed by atoms with Crippen molar-refractivity contribution in [3.8, 4) is 5.69 Å². The molecule has 0 unspecified atom stereocenters. The van der Waals surface area contributed by atoms with Crippen LogP contribution in [0.4, 0.5) is 11.4 Å². The lowest BCUT2D eigenvalue weighted by Gasteiger charge is -2.29. The van der Waals surface area contributed by atoms with Crippen LogP contribution >= 0.6 is 12.2 Å². The number of benzene rings is 2. The first-order chi connectivity index (χ1) is 16.6. The average molecular weight is 470 g/mol. The van der Waals surface area contributed by atoms with Crippen LogP contribution in [0, 0.1) is 10.1 Å². The number of nitro benzene ring substituents is 1. The van der Waals surface area contributed by atoms with Crippen LogP contribution in [0.1, 0.15) is 36.0 Å². The van der Waals surface area contributed by atoms with Gasteiger partial charge in [-0.3, -0.25) is 15.1 Å². The molecular formula is C26H23N5O2S. The molecule has 2 aromatic carbocycles. The van der Waals surface area contributed by atoms with Gasteiger partial charge in [0.2, 0.25) is 0 Å². The number of anilines is 1. The Morgan fingerprint density at radius 3 is 2.38 bits per heavy atom. The molecular weight excluding hydrogens is 446 g/mol. The maximum Gasteiger partial charge on any atom is 0.269 e. The van der Waals surface area contributed by atoms with Crippen LogP contribution < -0.4 is 10.2 Å². The Hall–Kier alpha value is -4.04. The van der Waals surface area contributed by atoms with Crippen molar-refractivity contribution >= 4 is 28.7 Å². The van der Waals surface area contributed by atoms with E-state index in [4.69, 9.17) is 12.2 Å². The second kappa shape index (κ2) is 9.07. The molecule has 1 saturated heterocycles. The third-order valence-electron chi connectivity index (χ3n) is 6.14. The predicted molar refractivity (Wildman–Crippen MR) is 136 cm³/mol. The van der Waals surface area contributed by atoms with E-state index in [1.807, 2.05) is 35.0 Å². The van der Waals surface area contributed by atoms with Gasteiger partial charge < -0.3 is 14.8 Å². The van der Waals surface area contributed by atoms with Gasteiger partial charge >= 0.3 is 0 Å². The van der Waals surface area contributed by atoms with Crippen molar-refractivity contribution in [2.45, 2.75) is 25.4 Å². The normalized spacial score (nSPS) is 17.6. The minimum absolute atomic E-state index is 0.0603. The molecule has 0 saturated carbocycles. The Bertz CT molecular complexity index is 1320. The maximum atomic E-state index is 11.1. The summed E-state index contributed by atoms with van der Waals surface area (Å²) < 4.78 is 2.05. The van der Waals surface area contributed by atoms with Gasteiger partial charge in [-0.25, -0.2) is 0 Å². The fourth-order valence-corrected chi connectivity index (χ4v) is 4.78. The van der Waals surface area contributed by atoms with Crippen LogP contribution in [-0.2, 0) is 6.42 Å². The number of pyridine rings is 1. The zero-order valence-corrected chi connectivity index (χ0v) is 19.4. The highest BCUT2D eigenvalue weighted by atomic mass is 32.1. The number of non-ortho nitro benzene ring substituents is 1. The van der Waals surface area contributed by atoms with Gasteiger partial charge in [-0.05, 0) is 72.7 Å². The first-order valence-electron chi connectivity index (χ1n) is 11.1. The summed E-state index contributed by atoms with van der Waals surface area (Å²) in [4.78, 5) is 17.5. The lowest BCUT2D eigenvalue weighted by Crippen LogP contribution is -2.30. The van der Waals surface area contributed by atoms with E-state index in [0.29, 0.717) is 5.11 Å². The molecule has 5 rings (SSSR count). The van der Waals surface area contributed by atoms with E-state index in [2.05, 4.69) is 52.5 Å². The van der Waals surface area contributed by atoms with Crippen LogP contribution in [0.15, 0.2) is 91.3 Å². The highest BCUT2D eigenvalue weighted by Crippen LogP contribution is 2.42. The summed E-state index contributed by atoms with van der Waals surface area (Å²) in [6.45, 7) is 2.13. The van der Waals surface area contributed by atoms with Crippen LogP contribution in [0.25, 0.3) is 5.69 Å². The number of thiocarbonyl (C=S) groups is 1. The van der Waals surface area contributed by atoms with E-state index in [9.17, 15) is 10.1 Å². The molecule has 0 amide bonds. The Labute approximate surface area is 202 Å². The van der Waals surface area contributed by atoms with Crippen LogP contribution in [-0.4, -0.2) is 19.6 Å². The molecule has 0 aliphatic carbocycles. The maximum absolute atomic E-state index is 11.1. The van der Waals surface area contributed by atoms with Gasteiger partial charge in [0, 0.05) is 41.6 Å². The minimum Gasteiger partial charge on any atom is -0.351 e. The predicted octanol–water partition coefficient (Wildman–Crippen LogP) is 5.52. The molecule has 1 aliphatic rings. The van der Waals surface area contributed by atoms with Gasteiger partial charge in [-0.2, -0.15) is 0 Å². The molecule has 7 nitrogen and oxygen atoms in total. The van der Waals surface area contributed by atoms with E-state index in [0.717, 1.165) is 29.2 Å². The zero-order chi connectivity index (χ0) is 23.7. The molecule has 1 fully saturated rings. The van der Waals surface area contributed by atoms with Crippen molar-refractivity contribution in [2.75, 3.05) is 4.90 Å². The molecule has 170 valence electrons. The molecule has 4 aromatic rings. The Morgan fingerprint density at radius 2 is 1.74 bits per heavy atom. The largest absolute Gasteiger partial charge is 0.351 e. The molecule has 34 heavy (non-hydrogen) atoms. The van der Waals surface area contributed by atoms with Crippen molar-refractivity contribution in [3.05, 3.63) is 118 Å². The number of nitrogens with zero attached hydrogens (tertiary/aromatic N) is 4. The standard InChI is InChI=1S/C26H23N5O2S/c1-2-18-8-10-20(11-9-18)30-25(24(28-26(30)34)22-6-3-4-16-27-22)23-7-5-17-29(23)19-12-14-21(15-13-19)31(32)33/h3-17,24-25H,2H2,1H3,(H,28,34)/t24-,25+/m1/s1. The molecule has 0 bridgehead atoms. The van der Waals surface area contributed by atoms with Gasteiger partial charge in [0.25, 0.3) is 5.69 Å². The molecule has 3 heterocycles. The summed E-state index contributed by atoms with van der Waals surface area (Å²) in [6, 6.07) is 24.6. The third kappa shape index (κ3) is 3.92. The summed E-state index contributed by atoms with van der Waals surface area (Å²) in [6.07, 6.45) is 4.71. The first kappa shape index (κ1) is 21.8. The molecule has 1 aliphatic heterocycles. The molecule has 0 spiro atoms. The number of aryl methyl sites for hydroxylation is 1. The van der Waals surface area contributed by atoms with E-state index >= 15 is 0 Å². The van der Waals surface area contributed by atoms with Crippen LogP contribution in [0.3, 0.4) is 0 Å². The number of aromatic nitrogens is 2. The fourth-order valence-electron chi connectivity index (χ4n) is 4.43. The molecule has 8 heteroatoms. The van der Waals surface area contributed by atoms with Gasteiger partial charge in [0.1, 0.15) is 6.04 Å². The summed E-state index contributed by atoms with van der Waals surface area (Å²) in [5.41, 5.74) is 5.04. The Balaban J connectivity index is 1.62. The van der Waals surface area contributed by atoms with E-state index in [1.54, 1.807) is 18.3 Å². The number of rotatable bonds is 6. The van der Waals surface area contributed by atoms with E-state index in [-0.39, 0.29) is 17.8 Å². The fraction of sp³-hybridized carbons (Fsp3) is 0.154. The van der Waals surface area contributed by atoms with Crippen molar-refractivity contribution in [1.29, 1.82) is 0 Å². The number of nitro groups is 1. The van der Waals surface area contributed by atoms with Crippen molar-refractivity contribution in [2.24, 2.45) is 0 Å². The van der Waals surface area contributed by atoms with Gasteiger partial charge in [-0.15, -0.1) is 0 Å². The highest BCUT2D eigenvalue weighted by Gasteiger charge is 2.42. The minimum atomic E-state index is -0.390. The van der Waals surface area contributed by atoms with Gasteiger partial charge in [0.05, 0.1) is 16.7 Å². The second-order valence-corrected chi connectivity index (χ2v) is 8.48. The average Bonchev–Trinajstić information content (AvgIpc) is 3.49. The topological polar surface area (TPSA) is 76.2 Å². The summed E-state index contributed by atoms with van der Waals surface area (Å²) in [5.74, 6) is 0. The van der Waals surface area contributed by atoms with E-state index < -0.39 is 4.92 Å². The Morgan fingerprint density at radius 1 is 1.00 bits per heavy atom. The first-order valence-corrected chi connectivity index (χ1v) is 11.5. The summed E-state index contributed by atoms with van der Waals surface area (Å²) >= 11 is 5.82. The zero-order valence-electron chi connectivity index (χ0n) is 18.5. The molecule has 2 aromatic heterocycles. The van der Waals surface area contributed by atoms with Crippen LogP contribution in [0.5, 0.6) is 0 Å². The number of hydrogen-bond acceptors (Lipinski definition) is 4. The molecule has 1 N–H and O–H groups in total. The molecule has 2 atom stereocenters. The smallest absolute Gasteiger partial charge is 0.269 e. The van der Waals surface area contributed by atoms with Crippen molar-refractivity contribution in [3.63, 3.8) is 0 Å². The van der Waals surface area contributed by atoms with Crippen LogP contribution in [0.2, 0.25) is 0 Å². The monoisotopic (exact) mass is 469 g/mol. The lowest BCUT2D eigenvalue weighted by molar-refractivity contribution is -0.384.